The molecule has 194 valence electrons. The summed E-state index contributed by atoms with van der Waals surface area (Å²) in [5.41, 5.74) is -0.356. The molecular formula is C30H50O4. The molecule has 0 spiro atoms. The molecule has 0 amide bonds. The summed E-state index contributed by atoms with van der Waals surface area (Å²) in [4.78, 5) is 12.6. The van der Waals surface area contributed by atoms with Crippen molar-refractivity contribution in [3.05, 3.63) is 23.8 Å². The summed E-state index contributed by atoms with van der Waals surface area (Å²) >= 11 is 0. The van der Waals surface area contributed by atoms with Gasteiger partial charge in [-0.05, 0) is 87.4 Å². The van der Waals surface area contributed by atoms with Gasteiger partial charge in [-0.3, -0.25) is 0 Å². The van der Waals surface area contributed by atoms with E-state index in [1.54, 1.807) is 13.8 Å². The first-order valence-electron chi connectivity index (χ1n) is 13.6. The molecule has 0 saturated heterocycles. The molecule has 2 saturated carbocycles. The van der Waals surface area contributed by atoms with E-state index < -0.39 is 23.7 Å². The van der Waals surface area contributed by atoms with E-state index in [1.165, 1.54) is 0 Å². The number of aldehydes is 1. The SMILES string of the molecule is CC(C/C=C/C(C)(C)O)C1CC[C@@]2(C)[C@@H](C=O)[C@@H](O)/C=C3\[C@H](CCC[C@]12C)CC[C@H](O)C3(C)C. The van der Waals surface area contributed by atoms with Crippen molar-refractivity contribution in [3.63, 3.8) is 0 Å². The van der Waals surface area contributed by atoms with Crippen LogP contribution in [-0.2, 0) is 4.79 Å². The fraction of sp³-hybridized carbons (Fsp3) is 0.833. The van der Waals surface area contributed by atoms with E-state index in [0.29, 0.717) is 17.8 Å². The topological polar surface area (TPSA) is 77.8 Å². The van der Waals surface area contributed by atoms with Crippen LogP contribution in [0.1, 0.15) is 99.8 Å². The van der Waals surface area contributed by atoms with Crippen molar-refractivity contribution in [3.8, 4) is 0 Å². The van der Waals surface area contributed by atoms with Gasteiger partial charge in [0.1, 0.15) is 6.29 Å². The third kappa shape index (κ3) is 4.97. The fourth-order valence-corrected chi connectivity index (χ4v) is 8.00. The van der Waals surface area contributed by atoms with E-state index in [4.69, 9.17) is 0 Å². The third-order valence-electron chi connectivity index (χ3n) is 10.5. The standard InChI is InChI=1S/C30H50O4/c1-20(10-8-15-27(2,3)34)22-14-17-30(7)24(19-31)25(32)18-23-21(11-9-16-29(22,30)6)12-13-26(33)28(23,4)5/h8,15,18-22,24-26,32-34H,9-14,16-17H2,1-7H3/b15-8+,23-18+/t20?,21-,22?,24+,25+,26+,29-,30+/m1/s1. The Kier molecular flexibility index (Phi) is 7.98. The molecule has 3 aliphatic rings. The molecule has 0 aliphatic heterocycles. The van der Waals surface area contributed by atoms with Gasteiger partial charge < -0.3 is 20.1 Å². The highest BCUT2D eigenvalue weighted by Gasteiger charge is 2.59. The monoisotopic (exact) mass is 474 g/mol. The molecular weight excluding hydrogens is 424 g/mol. The number of fused-ring (bicyclic) bond motifs is 2. The number of aliphatic hydroxyl groups is 3. The number of aliphatic hydroxyl groups excluding tert-OH is 2. The molecule has 3 rings (SSSR count). The van der Waals surface area contributed by atoms with Crippen molar-refractivity contribution < 1.29 is 20.1 Å². The predicted octanol–water partition coefficient (Wildman–Crippen LogP) is 5.85. The number of rotatable bonds is 5. The van der Waals surface area contributed by atoms with E-state index in [2.05, 4.69) is 40.7 Å². The number of carbonyl (C=O) groups is 1. The summed E-state index contributed by atoms with van der Waals surface area (Å²) in [6, 6.07) is 0. The summed E-state index contributed by atoms with van der Waals surface area (Å²) in [5.74, 6) is 0.807. The van der Waals surface area contributed by atoms with E-state index in [0.717, 1.165) is 63.2 Å². The van der Waals surface area contributed by atoms with Crippen LogP contribution in [0.25, 0.3) is 0 Å². The molecule has 34 heavy (non-hydrogen) atoms. The number of carbonyl (C=O) groups excluding carboxylic acids is 1. The molecule has 4 nitrogen and oxygen atoms in total. The number of hydrogen-bond donors (Lipinski definition) is 3. The van der Waals surface area contributed by atoms with Crippen molar-refractivity contribution in [2.24, 2.45) is 39.9 Å². The highest BCUT2D eigenvalue weighted by molar-refractivity contribution is 5.58. The normalized spacial score (nSPS) is 43.5. The highest BCUT2D eigenvalue weighted by Crippen LogP contribution is 2.65. The minimum absolute atomic E-state index is 0.0451. The zero-order valence-electron chi connectivity index (χ0n) is 22.7. The minimum Gasteiger partial charge on any atom is -0.392 e. The fourth-order valence-electron chi connectivity index (χ4n) is 8.00. The molecule has 0 aromatic heterocycles. The van der Waals surface area contributed by atoms with E-state index in [1.807, 2.05) is 12.2 Å². The van der Waals surface area contributed by atoms with Crippen molar-refractivity contribution in [2.75, 3.05) is 0 Å². The average Bonchev–Trinajstić information content (AvgIpc) is 2.98. The Labute approximate surface area is 207 Å². The molecule has 0 aromatic rings. The second-order valence-electron chi connectivity index (χ2n) is 13.4. The Morgan fingerprint density at radius 1 is 1.06 bits per heavy atom. The van der Waals surface area contributed by atoms with Gasteiger partial charge in [-0.1, -0.05) is 64.8 Å². The van der Waals surface area contributed by atoms with Gasteiger partial charge in [0, 0.05) is 5.41 Å². The van der Waals surface area contributed by atoms with Crippen molar-refractivity contribution >= 4 is 6.29 Å². The van der Waals surface area contributed by atoms with Crippen LogP contribution < -0.4 is 0 Å². The first-order chi connectivity index (χ1) is 15.7. The van der Waals surface area contributed by atoms with Gasteiger partial charge in [0.15, 0.2) is 0 Å². The summed E-state index contributed by atoms with van der Waals surface area (Å²) in [6.45, 7) is 14.7. The second-order valence-corrected chi connectivity index (χ2v) is 13.4. The van der Waals surface area contributed by atoms with Gasteiger partial charge in [0.25, 0.3) is 0 Å². The lowest BCUT2D eigenvalue weighted by molar-refractivity contribution is -0.125. The Balaban J connectivity index is 1.97. The summed E-state index contributed by atoms with van der Waals surface area (Å²) in [7, 11) is 0. The van der Waals surface area contributed by atoms with Crippen LogP contribution >= 0.6 is 0 Å². The zero-order valence-corrected chi connectivity index (χ0v) is 22.7. The molecule has 8 atom stereocenters. The summed E-state index contributed by atoms with van der Waals surface area (Å²) in [5, 5.41) is 32.3. The third-order valence-corrected chi connectivity index (χ3v) is 10.5. The molecule has 4 heteroatoms. The average molecular weight is 475 g/mol. The maximum atomic E-state index is 12.6. The Morgan fingerprint density at radius 3 is 2.35 bits per heavy atom. The van der Waals surface area contributed by atoms with Crippen LogP contribution in [0, 0.1) is 39.9 Å². The molecule has 0 heterocycles. The van der Waals surface area contributed by atoms with Crippen LogP contribution in [0.3, 0.4) is 0 Å². The van der Waals surface area contributed by atoms with E-state index in [-0.39, 0.29) is 16.2 Å². The molecule has 2 fully saturated rings. The molecule has 2 unspecified atom stereocenters. The van der Waals surface area contributed by atoms with Crippen LogP contribution in [0.5, 0.6) is 0 Å². The molecule has 3 aliphatic carbocycles. The highest BCUT2D eigenvalue weighted by atomic mass is 16.3. The molecule has 3 N–H and O–H groups in total. The lowest BCUT2D eigenvalue weighted by Crippen LogP contribution is -2.49. The molecule has 0 bridgehead atoms. The van der Waals surface area contributed by atoms with Gasteiger partial charge >= 0.3 is 0 Å². The predicted molar refractivity (Wildman–Crippen MR) is 138 cm³/mol. The maximum absolute atomic E-state index is 12.6. The van der Waals surface area contributed by atoms with Gasteiger partial charge in [-0.25, -0.2) is 0 Å². The molecule has 0 radical (unpaired) electrons. The smallest absolute Gasteiger partial charge is 0.126 e. The minimum atomic E-state index is -0.828. The van der Waals surface area contributed by atoms with Gasteiger partial charge in [-0.15, -0.1) is 0 Å². The number of hydrogen-bond acceptors (Lipinski definition) is 4. The molecule has 0 aromatic carbocycles. The first-order valence-corrected chi connectivity index (χ1v) is 13.6. The number of allylic oxidation sites excluding steroid dienone is 1. The van der Waals surface area contributed by atoms with Gasteiger partial charge in [0.05, 0.1) is 23.7 Å². The Bertz CT molecular complexity index is 790. The van der Waals surface area contributed by atoms with E-state index in [9.17, 15) is 20.1 Å². The first kappa shape index (κ1) is 27.6. The van der Waals surface area contributed by atoms with Crippen molar-refractivity contribution in [2.45, 2.75) is 118 Å². The quantitative estimate of drug-likeness (QED) is 0.345. The second kappa shape index (κ2) is 9.82. The largest absolute Gasteiger partial charge is 0.392 e. The van der Waals surface area contributed by atoms with Crippen LogP contribution in [0.4, 0.5) is 0 Å². The van der Waals surface area contributed by atoms with Crippen molar-refractivity contribution in [1.29, 1.82) is 0 Å². The van der Waals surface area contributed by atoms with Crippen LogP contribution in [0.2, 0.25) is 0 Å². The Hall–Kier alpha value is -0.970. The van der Waals surface area contributed by atoms with Gasteiger partial charge in [0.2, 0.25) is 0 Å². The lowest BCUT2D eigenvalue weighted by Gasteiger charge is -2.51. The lowest BCUT2D eigenvalue weighted by atomic mass is 9.53. The summed E-state index contributed by atoms with van der Waals surface area (Å²) in [6.07, 6.45) is 13.6. The maximum Gasteiger partial charge on any atom is 0.126 e. The van der Waals surface area contributed by atoms with E-state index >= 15 is 0 Å². The summed E-state index contributed by atoms with van der Waals surface area (Å²) < 4.78 is 0. The zero-order chi connectivity index (χ0) is 25.5. The Morgan fingerprint density at radius 2 is 1.74 bits per heavy atom. The van der Waals surface area contributed by atoms with Gasteiger partial charge in [-0.2, -0.15) is 0 Å². The van der Waals surface area contributed by atoms with Crippen LogP contribution in [0.15, 0.2) is 23.8 Å². The van der Waals surface area contributed by atoms with Crippen molar-refractivity contribution in [1.82, 2.24) is 0 Å². The van der Waals surface area contributed by atoms with Crippen LogP contribution in [-0.4, -0.2) is 39.4 Å².